The Bertz CT molecular complexity index is 1030. The van der Waals surface area contributed by atoms with Crippen molar-refractivity contribution in [2.24, 2.45) is 5.16 Å². The van der Waals surface area contributed by atoms with Crippen LogP contribution in [0.1, 0.15) is 5.69 Å². The molecule has 0 saturated carbocycles. The van der Waals surface area contributed by atoms with E-state index in [1.54, 1.807) is 11.5 Å². The number of carboxylic acid groups (broad SMARTS) is 1. The summed E-state index contributed by atoms with van der Waals surface area (Å²) in [5.74, 6) is -1.94. The molecule has 1 aromatic rings. The number of aliphatic carboxylic acids is 1. The number of nitrogens with zero attached hydrogens (tertiary/aromatic N) is 4. The molecule has 11 nitrogen and oxygen atoms in total. The molecule has 3 rings (SSSR count). The minimum absolute atomic E-state index is 0.0556. The zero-order valence-electron chi connectivity index (χ0n) is 18.1. The van der Waals surface area contributed by atoms with Gasteiger partial charge in [-0.3, -0.25) is 14.5 Å². The summed E-state index contributed by atoms with van der Waals surface area (Å²) in [6.07, 6.45) is 3.65. The SMILES string of the molecule is CO/N=C(/C(=O)NC1C(=O)N2C(C(=O)O)=C(/C=C/C[N+](C)(C)C)CS[C@H]12)c1csc(N)n1. The number of nitrogens with one attached hydrogen (secondary N) is 1. The van der Waals surface area contributed by atoms with Crippen LogP contribution in [0, 0.1) is 0 Å². The maximum Gasteiger partial charge on any atom is 0.352 e. The van der Waals surface area contributed by atoms with Gasteiger partial charge in [0.15, 0.2) is 10.8 Å². The highest BCUT2D eigenvalue weighted by Gasteiger charge is 2.54. The Morgan fingerprint density at radius 1 is 1.47 bits per heavy atom. The number of nitrogen functional groups attached to an aromatic ring is 1. The molecule has 2 aliphatic heterocycles. The number of carboxylic acids is 1. The first kappa shape index (κ1) is 23.8. The van der Waals surface area contributed by atoms with E-state index in [4.69, 9.17) is 10.6 Å². The number of amides is 2. The second kappa shape index (κ2) is 9.30. The fraction of sp³-hybridized carbons (Fsp3) is 0.421. The lowest BCUT2D eigenvalue weighted by Crippen LogP contribution is -2.71. The lowest BCUT2D eigenvalue weighted by molar-refractivity contribution is -0.864. The average molecular weight is 482 g/mol. The number of thiazole rings is 1. The first-order valence-corrected chi connectivity index (χ1v) is 11.5. The van der Waals surface area contributed by atoms with E-state index >= 15 is 0 Å². The Kier molecular flexibility index (Phi) is 6.91. The molecule has 32 heavy (non-hydrogen) atoms. The number of rotatable bonds is 8. The van der Waals surface area contributed by atoms with Gasteiger partial charge in [-0.15, -0.1) is 23.1 Å². The highest BCUT2D eigenvalue weighted by molar-refractivity contribution is 8.00. The van der Waals surface area contributed by atoms with Crippen molar-refractivity contribution >= 4 is 51.7 Å². The number of nitrogens with two attached hydrogens (primary N) is 1. The van der Waals surface area contributed by atoms with Gasteiger partial charge in [-0.25, -0.2) is 9.78 Å². The summed E-state index contributed by atoms with van der Waals surface area (Å²) in [4.78, 5) is 47.5. The summed E-state index contributed by atoms with van der Waals surface area (Å²) in [6.45, 7) is 0.708. The number of thioether (sulfide) groups is 1. The van der Waals surface area contributed by atoms with Gasteiger partial charge in [0.1, 0.15) is 29.9 Å². The molecule has 4 N–H and O–H groups in total. The molecule has 13 heteroatoms. The largest absolute Gasteiger partial charge is 0.477 e. The van der Waals surface area contributed by atoms with Crippen LogP contribution in [-0.4, -0.2) is 94.9 Å². The second-order valence-electron chi connectivity index (χ2n) is 8.11. The number of carbonyl (C=O) groups excluding carboxylic acids is 2. The summed E-state index contributed by atoms with van der Waals surface area (Å²) in [5, 5.41) is 17.3. The second-order valence-corrected chi connectivity index (χ2v) is 10.1. The van der Waals surface area contributed by atoms with E-state index in [2.05, 4.69) is 15.5 Å². The summed E-state index contributed by atoms with van der Waals surface area (Å²) >= 11 is 2.52. The van der Waals surface area contributed by atoms with Gasteiger partial charge in [0.05, 0.1) is 27.7 Å². The van der Waals surface area contributed by atoms with Crippen molar-refractivity contribution in [1.82, 2.24) is 15.2 Å². The van der Waals surface area contributed by atoms with Gasteiger partial charge in [0.25, 0.3) is 11.8 Å². The molecule has 0 spiro atoms. The van der Waals surface area contributed by atoms with Gasteiger partial charge in [-0.1, -0.05) is 11.2 Å². The number of carbonyl (C=O) groups is 3. The maximum atomic E-state index is 12.8. The highest BCUT2D eigenvalue weighted by atomic mass is 32.2. The van der Waals surface area contributed by atoms with E-state index in [9.17, 15) is 19.5 Å². The normalized spacial score (nSPS) is 21.4. The van der Waals surface area contributed by atoms with Crippen molar-refractivity contribution < 1.29 is 28.8 Å². The predicted molar refractivity (Wildman–Crippen MR) is 122 cm³/mol. The minimum atomic E-state index is -1.18. The average Bonchev–Trinajstić information content (AvgIpc) is 3.14. The quantitative estimate of drug-likeness (QED) is 0.205. The first-order valence-electron chi connectivity index (χ1n) is 9.55. The molecule has 2 atom stereocenters. The van der Waals surface area contributed by atoms with Gasteiger partial charge in [-0.05, 0) is 11.6 Å². The molecule has 1 saturated heterocycles. The van der Waals surface area contributed by atoms with E-state index in [-0.39, 0.29) is 22.2 Å². The van der Waals surface area contributed by atoms with Crippen LogP contribution in [0.3, 0.4) is 0 Å². The van der Waals surface area contributed by atoms with Gasteiger partial charge in [0.2, 0.25) is 0 Å². The van der Waals surface area contributed by atoms with Gasteiger partial charge < -0.3 is 25.5 Å². The summed E-state index contributed by atoms with van der Waals surface area (Å²) in [5.41, 5.74) is 6.23. The number of anilines is 1. The first-order chi connectivity index (χ1) is 15.0. The third kappa shape index (κ3) is 4.95. The molecule has 1 unspecified atom stereocenters. The number of aromatic nitrogens is 1. The molecule has 1 fully saturated rings. The Hall–Kier alpha value is -2.90. The number of hydrogen-bond donors (Lipinski definition) is 3. The highest BCUT2D eigenvalue weighted by Crippen LogP contribution is 2.40. The topological polar surface area (TPSA) is 147 Å². The van der Waals surface area contributed by atoms with Crippen LogP contribution in [0.5, 0.6) is 0 Å². The molecule has 0 aliphatic carbocycles. The Labute approximate surface area is 193 Å². The predicted octanol–water partition coefficient (Wildman–Crippen LogP) is 0.0768. The van der Waals surface area contributed by atoms with Crippen molar-refractivity contribution in [3.05, 3.63) is 34.5 Å². The van der Waals surface area contributed by atoms with Crippen molar-refractivity contribution in [3.63, 3.8) is 0 Å². The summed E-state index contributed by atoms with van der Waals surface area (Å²) in [6, 6.07) is -0.892. The molecular weight excluding hydrogens is 456 g/mol. The lowest BCUT2D eigenvalue weighted by atomic mass is 10.0. The molecule has 0 bridgehead atoms. The van der Waals surface area contributed by atoms with E-state index in [0.29, 0.717) is 22.4 Å². The fourth-order valence-corrected chi connectivity index (χ4v) is 5.05. The van der Waals surface area contributed by atoms with Crippen molar-refractivity contribution in [2.75, 3.05) is 46.3 Å². The van der Waals surface area contributed by atoms with E-state index in [1.807, 2.05) is 27.2 Å². The molecule has 172 valence electrons. The van der Waals surface area contributed by atoms with Gasteiger partial charge in [0, 0.05) is 11.1 Å². The van der Waals surface area contributed by atoms with Crippen LogP contribution in [-0.2, 0) is 19.2 Å². The standard InChI is InChI=1S/C19H24N6O5S2/c1-25(2,3)7-5-6-10-8-31-17-13(16(27)24(17)14(10)18(28)29)22-15(26)12(23-30-4)11-9-32-19(20)21-11/h5-6,9,13,17H,7-8H2,1-4H3,(H3-,20,21,22,26,28,29)/p+1/b6-5+,23-12+/t13?,17-/m1/s1. The van der Waals surface area contributed by atoms with Crippen LogP contribution in [0.4, 0.5) is 5.13 Å². The molecule has 0 radical (unpaired) electrons. The minimum Gasteiger partial charge on any atom is -0.477 e. The Morgan fingerprint density at radius 3 is 2.75 bits per heavy atom. The monoisotopic (exact) mass is 481 g/mol. The Morgan fingerprint density at radius 2 is 2.19 bits per heavy atom. The smallest absolute Gasteiger partial charge is 0.352 e. The van der Waals surface area contributed by atoms with Crippen molar-refractivity contribution in [1.29, 1.82) is 0 Å². The number of likely N-dealkylation sites (N-methyl/N-ethyl adjacent to an activating group) is 1. The van der Waals surface area contributed by atoms with Crippen LogP contribution in [0.2, 0.25) is 0 Å². The maximum absolute atomic E-state index is 12.8. The number of quaternary nitrogens is 1. The zero-order chi connectivity index (χ0) is 23.6. The number of fused-ring (bicyclic) bond motifs is 1. The summed E-state index contributed by atoms with van der Waals surface area (Å²) in [7, 11) is 7.36. The van der Waals surface area contributed by atoms with E-state index in [0.717, 1.165) is 11.3 Å². The number of oxime groups is 1. The molecule has 2 aliphatic rings. The summed E-state index contributed by atoms with van der Waals surface area (Å²) < 4.78 is 0.689. The number of allylic oxidation sites excluding steroid dienone is 1. The van der Waals surface area contributed by atoms with Gasteiger partial charge >= 0.3 is 5.97 Å². The Balaban J connectivity index is 1.78. The number of β-lactam (4-membered cyclic amide) rings is 1. The molecular formula is C19H25N6O5S2+. The lowest BCUT2D eigenvalue weighted by Gasteiger charge is -2.49. The van der Waals surface area contributed by atoms with Crippen molar-refractivity contribution in [3.8, 4) is 0 Å². The molecule has 3 heterocycles. The molecule has 0 aromatic carbocycles. The molecule has 2 amide bonds. The zero-order valence-corrected chi connectivity index (χ0v) is 19.7. The van der Waals surface area contributed by atoms with Crippen LogP contribution >= 0.6 is 23.1 Å². The third-order valence-corrected chi connectivity index (χ3v) is 6.60. The number of hydrogen-bond acceptors (Lipinski definition) is 9. The van der Waals surface area contributed by atoms with Crippen molar-refractivity contribution in [2.45, 2.75) is 11.4 Å². The van der Waals surface area contributed by atoms with E-state index in [1.165, 1.54) is 23.8 Å². The van der Waals surface area contributed by atoms with Crippen LogP contribution in [0.15, 0.2) is 34.0 Å². The van der Waals surface area contributed by atoms with Crippen LogP contribution < -0.4 is 11.1 Å². The van der Waals surface area contributed by atoms with Crippen LogP contribution in [0.25, 0.3) is 0 Å². The van der Waals surface area contributed by atoms with E-state index < -0.39 is 29.2 Å². The molecule has 1 aromatic heterocycles. The third-order valence-electron chi connectivity index (χ3n) is 4.62. The van der Waals surface area contributed by atoms with Gasteiger partial charge in [-0.2, -0.15) is 0 Å². The fourth-order valence-electron chi connectivity index (χ4n) is 3.18.